The van der Waals surface area contributed by atoms with Crippen LogP contribution in [-0.4, -0.2) is 0 Å². The lowest BCUT2D eigenvalue weighted by Gasteiger charge is -2.07. The van der Waals surface area contributed by atoms with Crippen molar-refractivity contribution in [2.45, 2.75) is 11.8 Å². The predicted molar refractivity (Wildman–Crippen MR) is 72.1 cm³/mol. The van der Waals surface area contributed by atoms with Crippen molar-refractivity contribution < 1.29 is 0 Å². The third kappa shape index (κ3) is 2.94. The summed E-state index contributed by atoms with van der Waals surface area (Å²) in [5.41, 5.74) is 2.33. The third-order valence-corrected chi connectivity index (χ3v) is 3.48. The van der Waals surface area contributed by atoms with Crippen molar-refractivity contribution >= 4 is 29.2 Å². The number of hydrogen-bond donors (Lipinski definition) is 1. The molecular formula is C13H12ClNS. The number of anilines is 1. The highest BCUT2D eigenvalue weighted by Crippen LogP contribution is 2.24. The normalized spacial score (nSPS) is 10.1. The van der Waals surface area contributed by atoms with Crippen LogP contribution in [0.5, 0.6) is 0 Å². The minimum atomic E-state index is 0.756. The third-order valence-electron chi connectivity index (χ3n) is 2.22. The van der Waals surface area contributed by atoms with Crippen molar-refractivity contribution in [1.82, 2.24) is 0 Å². The van der Waals surface area contributed by atoms with E-state index in [1.807, 2.05) is 36.4 Å². The average Bonchev–Trinajstić information content (AvgIpc) is 2.30. The lowest BCUT2D eigenvalue weighted by molar-refractivity contribution is 1.31. The minimum Gasteiger partial charge on any atom is -0.326 e. The van der Waals surface area contributed by atoms with Crippen molar-refractivity contribution in [3.8, 4) is 0 Å². The second-order valence-electron chi connectivity index (χ2n) is 3.48. The molecule has 0 atom stereocenters. The molecule has 0 spiro atoms. The van der Waals surface area contributed by atoms with E-state index in [2.05, 4.69) is 23.8 Å². The summed E-state index contributed by atoms with van der Waals surface area (Å²) >= 11 is 7.43. The number of benzene rings is 2. The van der Waals surface area contributed by atoms with Crippen LogP contribution in [0, 0.1) is 6.92 Å². The zero-order valence-electron chi connectivity index (χ0n) is 8.91. The molecule has 0 bridgehead atoms. The molecule has 0 fully saturated rings. The molecule has 0 heterocycles. The van der Waals surface area contributed by atoms with Crippen molar-refractivity contribution in [2.24, 2.45) is 0 Å². The van der Waals surface area contributed by atoms with Gasteiger partial charge in [0, 0.05) is 15.6 Å². The first-order chi connectivity index (χ1) is 7.75. The van der Waals surface area contributed by atoms with E-state index in [-0.39, 0.29) is 0 Å². The Kier molecular flexibility index (Phi) is 3.75. The van der Waals surface area contributed by atoms with Gasteiger partial charge in [-0.2, -0.15) is 0 Å². The highest BCUT2D eigenvalue weighted by Gasteiger charge is 1.98. The molecule has 1 nitrogen and oxygen atoms in total. The van der Waals surface area contributed by atoms with Crippen LogP contribution in [-0.2, 0) is 0 Å². The van der Waals surface area contributed by atoms with E-state index >= 15 is 0 Å². The fourth-order valence-electron chi connectivity index (χ4n) is 1.30. The second kappa shape index (κ2) is 5.28. The van der Waals surface area contributed by atoms with E-state index < -0.39 is 0 Å². The maximum Gasteiger partial charge on any atom is 0.0444 e. The van der Waals surface area contributed by atoms with Crippen LogP contribution in [0.15, 0.2) is 53.4 Å². The molecule has 0 saturated heterocycles. The highest BCUT2D eigenvalue weighted by atomic mass is 35.5. The number of nitrogens with one attached hydrogen (secondary N) is 1. The summed E-state index contributed by atoms with van der Waals surface area (Å²) < 4.78 is 3.29. The van der Waals surface area contributed by atoms with Gasteiger partial charge in [-0.15, -0.1) is 0 Å². The Hall–Kier alpha value is -1.12. The van der Waals surface area contributed by atoms with E-state index in [0.29, 0.717) is 0 Å². The molecule has 2 rings (SSSR count). The molecule has 0 saturated carbocycles. The Morgan fingerprint density at radius 1 is 1.00 bits per heavy atom. The van der Waals surface area contributed by atoms with Gasteiger partial charge in [0.05, 0.1) is 0 Å². The fraction of sp³-hybridized carbons (Fsp3) is 0.0769. The first kappa shape index (κ1) is 11.4. The van der Waals surface area contributed by atoms with E-state index in [4.69, 9.17) is 11.6 Å². The molecule has 0 unspecified atom stereocenters. The second-order valence-corrected chi connectivity index (χ2v) is 4.76. The molecule has 82 valence electrons. The van der Waals surface area contributed by atoms with Crippen molar-refractivity contribution in [2.75, 3.05) is 4.72 Å². The maximum absolute atomic E-state index is 5.82. The molecule has 16 heavy (non-hydrogen) atoms. The van der Waals surface area contributed by atoms with Crippen molar-refractivity contribution in [3.63, 3.8) is 0 Å². The lowest BCUT2D eigenvalue weighted by atomic mass is 10.2. The van der Waals surface area contributed by atoms with Gasteiger partial charge in [0.1, 0.15) is 0 Å². The van der Waals surface area contributed by atoms with Gasteiger partial charge in [0.25, 0.3) is 0 Å². The molecule has 1 N–H and O–H groups in total. The largest absolute Gasteiger partial charge is 0.326 e. The zero-order valence-corrected chi connectivity index (χ0v) is 10.5. The van der Waals surface area contributed by atoms with Gasteiger partial charge in [-0.25, -0.2) is 0 Å². The van der Waals surface area contributed by atoms with E-state index in [1.165, 1.54) is 10.5 Å². The van der Waals surface area contributed by atoms with E-state index in [1.54, 1.807) is 11.9 Å². The van der Waals surface area contributed by atoms with Gasteiger partial charge in [0.15, 0.2) is 0 Å². The molecule has 3 heteroatoms. The molecule has 2 aromatic carbocycles. The van der Waals surface area contributed by atoms with Crippen LogP contribution >= 0.6 is 23.5 Å². The summed E-state index contributed by atoms with van der Waals surface area (Å²) in [6, 6.07) is 16.0. The standard InChI is InChI=1S/C13H12ClNS/c1-10-4-2-3-5-13(10)16-15-12-8-6-11(14)7-9-12/h2-9,15H,1H3. The van der Waals surface area contributed by atoms with Crippen LogP contribution in [0.3, 0.4) is 0 Å². The number of halogens is 1. The van der Waals surface area contributed by atoms with E-state index in [0.717, 1.165) is 10.7 Å². The SMILES string of the molecule is Cc1ccccc1SNc1ccc(Cl)cc1. The Balaban J connectivity index is 2.02. The lowest BCUT2D eigenvalue weighted by Crippen LogP contribution is -1.87. The van der Waals surface area contributed by atoms with Crippen LogP contribution in [0.4, 0.5) is 5.69 Å². The van der Waals surface area contributed by atoms with Crippen LogP contribution in [0.2, 0.25) is 5.02 Å². The van der Waals surface area contributed by atoms with Gasteiger partial charge in [-0.3, -0.25) is 0 Å². The molecule has 0 aromatic heterocycles. The first-order valence-corrected chi connectivity index (χ1v) is 6.19. The van der Waals surface area contributed by atoms with Gasteiger partial charge in [0.2, 0.25) is 0 Å². The Morgan fingerprint density at radius 2 is 1.69 bits per heavy atom. The molecule has 0 radical (unpaired) electrons. The summed E-state index contributed by atoms with van der Waals surface area (Å²) in [4.78, 5) is 1.23. The predicted octanol–water partition coefficient (Wildman–Crippen LogP) is 4.77. The Labute approximate surface area is 105 Å². The van der Waals surface area contributed by atoms with Crippen LogP contribution in [0.25, 0.3) is 0 Å². The summed E-state index contributed by atoms with van der Waals surface area (Å²) in [6.07, 6.45) is 0. The number of hydrogen-bond acceptors (Lipinski definition) is 2. The zero-order chi connectivity index (χ0) is 11.4. The molecule has 0 amide bonds. The van der Waals surface area contributed by atoms with Gasteiger partial charge < -0.3 is 4.72 Å². The molecule has 0 aliphatic heterocycles. The molecule has 0 aliphatic carbocycles. The Bertz CT molecular complexity index is 468. The monoisotopic (exact) mass is 249 g/mol. The highest BCUT2D eigenvalue weighted by molar-refractivity contribution is 8.00. The van der Waals surface area contributed by atoms with Crippen molar-refractivity contribution in [1.29, 1.82) is 0 Å². The summed E-state index contributed by atoms with van der Waals surface area (Å²) in [7, 11) is 0. The first-order valence-electron chi connectivity index (χ1n) is 5.00. The minimum absolute atomic E-state index is 0.756. The summed E-state index contributed by atoms with van der Waals surface area (Å²) in [5.74, 6) is 0. The average molecular weight is 250 g/mol. The topological polar surface area (TPSA) is 12.0 Å². The van der Waals surface area contributed by atoms with Gasteiger partial charge in [-0.1, -0.05) is 29.8 Å². The quantitative estimate of drug-likeness (QED) is 0.787. The molecular weight excluding hydrogens is 238 g/mol. The fourth-order valence-corrected chi connectivity index (χ4v) is 2.17. The van der Waals surface area contributed by atoms with Gasteiger partial charge in [-0.05, 0) is 54.8 Å². The van der Waals surface area contributed by atoms with E-state index in [9.17, 15) is 0 Å². The summed E-state index contributed by atoms with van der Waals surface area (Å²) in [5, 5.41) is 0.756. The molecule has 2 aromatic rings. The maximum atomic E-state index is 5.82. The van der Waals surface area contributed by atoms with Crippen LogP contribution < -0.4 is 4.72 Å². The molecule has 0 aliphatic rings. The summed E-state index contributed by atoms with van der Waals surface area (Å²) in [6.45, 7) is 2.10. The van der Waals surface area contributed by atoms with Gasteiger partial charge >= 0.3 is 0 Å². The smallest absolute Gasteiger partial charge is 0.0444 e. The van der Waals surface area contributed by atoms with Crippen LogP contribution in [0.1, 0.15) is 5.56 Å². The number of rotatable bonds is 3. The Morgan fingerprint density at radius 3 is 2.38 bits per heavy atom. The number of aryl methyl sites for hydroxylation is 1. The van der Waals surface area contributed by atoms with Crippen molar-refractivity contribution in [3.05, 3.63) is 59.1 Å².